The summed E-state index contributed by atoms with van der Waals surface area (Å²) in [5.74, 6) is -1.20. The first-order valence-electron chi connectivity index (χ1n) is 5.52. The number of carbonyl (C=O) groups excluding carboxylic acids is 1. The molecule has 9 nitrogen and oxygen atoms in total. The Hall–Kier alpha value is -2.45. The molecule has 0 radical (unpaired) electrons. The molecule has 1 amide bonds. The van der Waals surface area contributed by atoms with Gasteiger partial charge in [0.15, 0.2) is 0 Å². The van der Waals surface area contributed by atoms with E-state index in [1.807, 2.05) is 0 Å². The van der Waals surface area contributed by atoms with Gasteiger partial charge in [-0.2, -0.15) is 5.10 Å². The van der Waals surface area contributed by atoms with Crippen LogP contribution in [0.5, 0.6) is 0 Å². The molecule has 9 heteroatoms. The van der Waals surface area contributed by atoms with Crippen LogP contribution in [-0.4, -0.2) is 50.2 Å². The molecule has 1 rings (SSSR count). The molecule has 19 heavy (non-hydrogen) atoms. The first-order chi connectivity index (χ1) is 8.90. The highest BCUT2D eigenvalue weighted by Gasteiger charge is 2.14. The fourth-order valence-corrected chi connectivity index (χ4v) is 1.38. The van der Waals surface area contributed by atoms with Crippen LogP contribution in [0.4, 0.5) is 5.69 Å². The minimum absolute atomic E-state index is 0.00907. The molecule has 0 aliphatic carbocycles. The summed E-state index contributed by atoms with van der Waals surface area (Å²) in [6, 6.07) is 0. The SMILES string of the molecule is CN(CCCC(=O)O)C(=O)Cn1cc([N+](=O)[O-])cn1. The smallest absolute Gasteiger partial charge is 0.307 e. The van der Waals surface area contributed by atoms with Crippen LogP contribution in [0.1, 0.15) is 12.8 Å². The second-order valence-electron chi connectivity index (χ2n) is 3.97. The lowest BCUT2D eigenvalue weighted by atomic mass is 10.3. The number of carbonyl (C=O) groups is 2. The molecule has 1 heterocycles. The lowest BCUT2D eigenvalue weighted by molar-refractivity contribution is -0.385. The minimum Gasteiger partial charge on any atom is -0.481 e. The zero-order valence-corrected chi connectivity index (χ0v) is 10.4. The summed E-state index contributed by atoms with van der Waals surface area (Å²) in [5.41, 5.74) is -0.179. The van der Waals surface area contributed by atoms with E-state index in [0.717, 1.165) is 6.20 Å². The van der Waals surface area contributed by atoms with Gasteiger partial charge in [-0.3, -0.25) is 24.4 Å². The molecule has 0 aliphatic heterocycles. The Labute approximate surface area is 108 Å². The highest BCUT2D eigenvalue weighted by molar-refractivity contribution is 5.75. The van der Waals surface area contributed by atoms with Crippen molar-refractivity contribution < 1.29 is 19.6 Å². The van der Waals surface area contributed by atoms with Gasteiger partial charge < -0.3 is 10.0 Å². The Morgan fingerprint density at radius 1 is 1.58 bits per heavy atom. The van der Waals surface area contributed by atoms with Crippen molar-refractivity contribution in [1.82, 2.24) is 14.7 Å². The number of carboxylic acids is 1. The first-order valence-corrected chi connectivity index (χ1v) is 5.52. The monoisotopic (exact) mass is 270 g/mol. The number of likely N-dealkylation sites (N-methyl/N-ethyl adjacent to an activating group) is 1. The molecule has 1 aromatic rings. The Morgan fingerprint density at radius 2 is 2.26 bits per heavy atom. The van der Waals surface area contributed by atoms with E-state index >= 15 is 0 Å². The number of hydrogen-bond donors (Lipinski definition) is 1. The largest absolute Gasteiger partial charge is 0.481 e. The number of aliphatic carboxylic acids is 1. The van der Waals surface area contributed by atoms with Gasteiger partial charge in [0.2, 0.25) is 5.91 Å². The van der Waals surface area contributed by atoms with Crippen molar-refractivity contribution >= 4 is 17.6 Å². The second-order valence-corrected chi connectivity index (χ2v) is 3.97. The number of nitro groups is 1. The van der Waals surface area contributed by atoms with Gasteiger partial charge in [-0.25, -0.2) is 0 Å². The number of aromatic nitrogens is 2. The van der Waals surface area contributed by atoms with E-state index in [-0.39, 0.29) is 24.6 Å². The highest BCUT2D eigenvalue weighted by Crippen LogP contribution is 2.07. The maximum Gasteiger partial charge on any atom is 0.307 e. The molecule has 0 saturated carbocycles. The molecule has 0 bridgehead atoms. The maximum absolute atomic E-state index is 11.7. The molecule has 0 spiro atoms. The molecular formula is C10H14N4O5. The van der Waals surface area contributed by atoms with E-state index in [1.165, 1.54) is 15.8 Å². The highest BCUT2D eigenvalue weighted by atomic mass is 16.6. The van der Waals surface area contributed by atoms with Crippen molar-refractivity contribution in [3.05, 3.63) is 22.5 Å². The number of amides is 1. The van der Waals surface area contributed by atoms with E-state index in [9.17, 15) is 19.7 Å². The van der Waals surface area contributed by atoms with Crippen LogP contribution in [0, 0.1) is 10.1 Å². The van der Waals surface area contributed by atoms with Gasteiger partial charge in [-0.15, -0.1) is 0 Å². The maximum atomic E-state index is 11.7. The number of hydrogen-bond acceptors (Lipinski definition) is 5. The third-order valence-electron chi connectivity index (χ3n) is 2.44. The average molecular weight is 270 g/mol. The van der Waals surface area contributed by atoms with Crippen molar-refractivity contribution in [2.45, 2.75) is 19.4 Å². The zero-order chi connectivity index (χ0) is 14.4. The summed E-state index contributed by atoms with van der Waals surface area (Å²) in [7, 11) is 1.54. The first kappa shape index (κ1) is 14.6. The molecule has 0 aromatic carbocycles. The lowest BCUT2D eigenvalue weighted by Crippen LogP contribution is -2.31. The van der Waals surface area contributed by atoms with Gasteiger partial charge in [-0.05, 0) is 6.42 Å². The van der Waals surface area contributed by atoms with Crippen molar-refractivity contribution in [3.8, 4) is 0 Å². The van der Waals surface area contributed by atoms with Crippen LogP contribution in [0.25, 0.3) is 0 Å². The molecule has 0 atom stereocenters. The van der Waals surface area contributed by atoms with E-state index in [2.05, 4.69) is 5.10 Å². The number of rotatable bonds is 7. The van der Waals surface area contributed by atoms with Crippen LogP contribution in [-0.2, 0) is 16.1 Å². The minimum atomic E-state index is -0.913. The van der Waals surface area contributed by atoms with Crippen LogP contribution in [0.15, 0.2) is 12.4 Å². The summed E-state index contributed by atoms with van der Waals surface area (Å²) in [6.07, 6.45) is 2.59. The molecule has 0 aliphatic rings. The van der Waals surface area contributed by atoms with Crippen molar-refractivity contribution in [2.75, 3.05) is 13.6 Å². The van der Waals surface area contributed by atoms with Crippen LogP contribution < -0.4 is 0 Å². The predicted octanol–water partition coefficient (Wildman–Crippen LogP) is 0.114. The van der Waals surface area contributed by atoms with Gasteiger partial charge in [0.05, 0.1) is 4.92 Å². The van der Waals surface area contributed by atoms with Gasteiger partial charge in [0.25, 0.3) is 0 Å². The summed E-state index contributed by atoms with van der Waals surface area (Å²) >= 11 is 0. The fourth-order valence-electron chi connectivity index (χ4n) is 1.38. The normalized spacial score (nSPS) is 10.2. The van der Waals surface area contributed by atoms with Gasteiger partial charge in [0, 0.05) is 20.0 Å². The van der Waals surface area contributed by atoms with Crippen LogP contribution in [0.3, 0.4) is 0 Å². The van der Waals surface area contributed by atoms with Crippen molar-refractivity contribution in [1.29, 1.82) is 0 Å². The zero-order valence-electron chi connectivity index (χ0n) is 10.4. The number of nitrogens with zero attached hydrogens (tertiary/aromatic N) is 4. The molecular weight excluding hydrogens is 256 g/mol. The van der Waals surface area contributed by atoms with Crippen molar-refractivity contribution in [3.63, 3.8) is 0 Å². The summed E-state index contributed by atoms with van der Waals surface area (Å²) in [4.78, 5) is 33.3. The Kier molecular flexibility index (Phi) is 4.98. The Bertz CT molecular complexity index is 484. The van der Waals surface area contributed by atoms with Gasteiger partial charge in [-0.1, -0.05) is 0 Å². The van der Waals surface area contributed by atoms with Gasteiger partial charge >= 0.3 is 11.7 Å². The molecule has 1 N–H and O–H groups in total. The van der Waals surface area contributed by atoms with E-state index in [4.69, 9.17) is 5.11 Å². The van der Waals surface area contributed by atoms with Crippen LogP contribution in [0.2, 0.25) is 0 Å². The van der Waals surface area contributed by atoms with E-state index in [0.29, 0.717) is 13.0 Å². The standard InChI is InChI=1S/C10H14N4O5/c1-12(4-2-3-10(16)17)9(15)7-13-6-8(5-11-13)14(18)19/h5-6H,2-4,7H2,1H3,(H,16,17). The third kappa shape index (κ3) is 4.74. The fraction of sp³-hybridized carbons (Fsp3) is 0.500. The predicted molar refractivity (Wildman–Crippen MR) is 63.4 cm³/mol. The van der Waals surface area contributed by atoms with Gasteiger partial charge in [0.1, 0.15) is 18.9 Å². The van der Waals surface area contributed by atoms with E-state index < -0.39 is 10.9 Å². The summed E-state index contributed by atoms with van der Waals surface area (Å²) in [5, 5.41) is 22.6. The Morgan fingerprint density at radius 3 is 2.79 bits per heavy atom. The molecule has 0 unspecified atom stereocenters. The molecule has 104 valence electrons. The molecule has 1 aromatic heterocycles. The quantitative estimate of drug-likeness (QED) is 0.555. The summed E-state index contributed by atoms with van der Waals surface area (Å²) in [6.45, 7) is 0.200. The van der Waals surface area contributed by atoms with Crippen molar-refractivity contribution in [2.24, 2.45) is 0 Å². The second kappa shape index (κ2) is 6.47. The number of carboxylic acid groups (broad SMARTS) is 1. The average Bonchev–Trinajstić information content (AvgIpc) is 2.76. The van der Waals surface area contributed by atoms with Crippen LogP contribution >= 0.6 is 0 Å². The van der Waals surface area contributed by atoms with E-state index in [1.54, 1.807) is 7.05 Å². The molecule has 0 fully saturated rings. The molecule has 0 saturated heterocycles. The third-order valence-corrected chi connectivity index (χ3v) is 2.44. The topological polar surface area (TPSA) is 119 Å². The summed E-state index contributed by atoms with van der Waals surface area (Å²) < 4.78 is 1.17. The lowest BCUT2D eigenvalue weighted by Gasteiger charge is -2.16. The Balaban J connectivity index is 2.44.